The lowest BCUT2D eigenvalue weighted by Crippen LogP contribution is -2.14. The summed E-state index contributed by atoms with van der Waals surface area (Å²) in [5, 5.41) is 0. The fourth-order valence-corrected chi connectivity index (χ4v) is 2.14. The summed E-state index contributed by atoms with van der Waals surface area (Å²) < 4.78 is 10.9. The zero-order valence-electron chi connectivity index (χ0n) is 13.4. The molecule has 1 aromatic carbocycles. The molecule has 2 N–H and O–H groups in total. The van der Waals surface area contributed by atoms with Gasteiger partial charge in [0.15, 0.2) is 0 Å². The van der Waals surface area contributed by atoms with Crippen LogP contribution >= 0.6 is 0 Å². The number of carbonyl (C=O) groups is 1. The number of hydrogen-bond acceptors (Lipinski definition) is 4. The maximum absolute atomic E-state index is 11.9. The van der Waals surface area contributed by atoms with E-state index in [0.29, 0.717) is 36.1 Å². The predicted octanol–water partition coefficient (Wildman–Crippen LogP) is 4.04. The quantitative estimate of drug-likeness (QED) is 0.551. The van der Waals surface area contributed by atoms with Crippen molar-refractivity contribution < 1.29 is 14.3 Å². The SMILES string of the molecule is CCCCC(CC)COc1cc(N)ccc1C(=O)OCC. The topological polar surface area (TPSA) is 61.5 Å². The highest BCUT2D eigenvalue weighted by molar-refractivity contribution is 5.93. The van der Waals surface area contributed by atoms with Gasteiger partial charge in [-0.3, -0.25) is 0 Å². The number of carbonyl (C=O) groups excluding carboxylic acids is 1. The van der Waals surface area contributed by atoms with Gasteiger partial charge in [0.25, 0.3) is 0 Å². The number of rotatable bonds is 9. The molecule has 21 heavy (non-hydrogen) atoms. The minimum atomic E-state index is -0.367. The molecule has 0 aromatic heterocycles. The van der Waals surface area contributed by atoms with Crippen molar-refractivity contribution in [3.63, 3.8) is 0 Å². The van der Waals surface area contributed by atoms with E-state index >= 15 is 0 Å². The molecule has 0 spiro atoms. The summed E-state index contributed by atoms with van der Waals surface area (Å²) in [5.74, 6) is 0.652. The highest BCUT2D eigenvalue weighted by Gasteiger charge is 2.15. The Hall–Kier alpha value is -1.71. The number of esters is 1. The minimum absolute atomic E-state index is 0.344. The van der Waals surface area contributed by atoms with Gasteiger partial charge in [-0.25, -0.2) is 4.79 Å². The average Bonchev–Trinajstić information content (AvgIpc) is 2.47. The van der Waals surface area contributed by atoms with E-state index in [4.69, 9.17) is 15.2 Å². The Morgan fingerprint density at radius 3 is 2.67 bits per heavy atom. The van der Waals surface area contributed by atoms with Gasteiger partial charge in [0.2, 0.25) is 0 Å². The third-order valence-corrected chi connectivity index (χ3v) is 3.52. The van der Waals surface area contributed by atoms with Crippen LogP contribution in [0.3, 0.4) is 0 Å². The van der Waals surface area contributed by atoms with Crippen LogP contribution in [0.2, 0.25) is 0 Å². The molecule has 0 fully saturated rings. The van der Waals surface area contributed by atoms with Crippen molar-refractivity contribution in [2.24, 2.45) is 5.92 Å². The number of hydrogen-bond donors (Lipinski definition) is 1. The summed E-state index contributed by atoms with van der Waals surface area (Å²) >= 11 is 0. The van der Waals surface area contributed by atoms with Crippen LogP contribution < -0.4 is 10.5 Å². The summed E-state index contributed by atoms with van der Waals surface area (Å²) in [6, 6.07) is 5.04. The van der Waals surface area contributed by atoms with Crippen LogP contribution in [0.25, 0.3) is 0 Å². The highest BCUT2D eigenvalue weighted by Crippen LogP contribution is 2.24. The molecule has 1 aromatic rings. The molecule has 0 amide bonds. The third-order valence-electron chi connectivity index (χ3n) is 3.52. The van der Waals surface area contributed by atoms with Gasteiger partial charge in [-0.05, 0) is 31.4 Å². The summed E-state index contributed by atoms with van der Waals surface area (Å²) in [6.07, 6.45) is 4.59. The molecule has 0 aliphatic rings. The van der Waals surface area contributed by atoms with Gasteiger partial charge in [0, 0.05) is 11.8 Å². The average molecular weight is 293 g/mol. The Morgan fingerprint density at radius 2 is 2.05 bits per heavy atom. The first-order valence-corrected chi connectivity index (χ1v) is 7.81. The third kappa shape index (κ3) is 5.66. The molecule has 0 saturated carbocycles. The summed E-state index contributed by atoms with van der Waals surface area (Å²) in [6.45, 7) is 7.08. The molecule has 4 heteroatoms. The molecule has 0 radical (unpaired) electrons. The van der Waals surface area contributed by atoms with Crippen LogP contribution in [0.15, 0.2) is 18.2 Å². The molecule has 0 saturated heterocycles. The van der Waals surface area contributed by atoms with E-state index in [1.165, 1.54) is 12.8 Å². The first kappa shape index (κ1) is 17.3. The number of nitrogens with two attached hydrogens (primary N) is 1. The largest absolute Gasteiger partial charge is 0.492 e. The molecule has 1 atom stereocenters. The number of benzene rings is 1. The Balaban J connectivity index is 2.76. The molecule has 0 aliphatic heterocycles. The molecule has 118 valence electrons. The van der Waals surface area contributed by atoms with Gasteiger partial charge in [0.05, 0.1) is 13.2 Å². The summed E-state index contributed by atoms with van der Waals surface area (Å²) in [4.78, 5) is 11.9. The smallest absolute Gasteiger partial charge is 0.341 e. The van der Waals surface area contributed by atoms with Crippen LogP contribution in [-0.4, -0.2) is 19.2 Å². The minimum Gasteiger partial charge on any atom is -0.492 e. The molecule has 1 unspecified atom stereocenters. The van der Waals surface area contributed by atoms with E-state index in [9.17, 15) is 4.79 Å². The predicted molar refractivity (Wildman–Crippen MR) is 85.6 cm³/mol. The van der Waals surface area contributed by atoms with Crippen molar-refractivity contribution in [1.29, 1.82) is 0 Å². The highest BCUT2D eigenvalue weighted by atomic mass is 16.5. The molecule has 0 bridgehead atoms. The number of anilines is 1. The second kappa shape index (κ2) is 9.27. The first-order valence-electron chi connectivity index (χ1n) is 7.81. The Morgan fingerprint density at radius 1 is 1.29 bits per heavy atom. The number of unbranched alkanes of at least 4 members (excludes halogenated alkanes) is 1. The molecular formula is C17H27NO3. The molecule has 1 rings (SSSR count). The first-order chi connectivity index (χ1) is 10.1. The molecular weight excluding hydrogens is 266 g/mol. The van der Waals surface area contributed by atoms with E-state index < -0.39 is 0 Å². The van der Waals surface area contributed by atoms with Gasteiger partial charge in [-0.1, -0.05) is 33.1 Å². The van der Waals surface area contributed by atoms with Crippen LogP contribution in [0, 0.1) is 5.92 Å². The van der Waals surface area contributed by atoms with Crippen LogP contribution in [0.4, 0.5) is 5.69 Å². The second-order valence-corrected chi connectivity index (χ2v) is 5.20. The van der Waals surface area contributed by atoms with Crippen molar-refractivity contribution in [3.8, 4) is 5.75 Å². The lowest BCUT2D eigenvalue weighted by Gasteiger charge is -2.17. The van der Waals surface area contributed by atoms with Crippen molar-refractivity contribution in [2.75, 3.05) is 18.9 Å². The number of ether oxygens (including phenoxy) is 2. The van der Waals surface area contributed by atoms with E-state index in [1.54, 1.807) is 25.1 Å². The van der Waals surface area contributed by atoms with E-state index in [0.717, 1.165) is 12.8 Å². The molecule has 0 heterocycles. The molecule has 4 nitrogen and oxygen atoms in total. The number of nitrogen functional groups attached to an aromatic ring is 1. The van der Waals surface area contributed by atoms with Crippen LogP contribution in [-0.2, 0) is 4.74 Å². The van der Waals surface area contributed by atoms with Crippen LogP contribution in [0.5, 0.6) is 5.75 Å². The van der Waals surface area contributed by atoms with Crippen LogP contribution in [0.1, 0.15) is 56.8 Å². The lowest BCUT2D eigenvalue weighted by molar-refractivity contribution is 0.0520. The van der Waals surface area contributed by atoms with Crippen molar-refractivity contribution in [3.05, 3.63) is 23.8 Å². The maximum Gasteiger partial charge on any atom is 0.341 e. The van der Waals surface area contributed by atoms with E-state index in [1.807, 2.05) is 0 Å². The maximum atomic E-state index is 11.9. The van der Waals surface area contributed by atoms with Gasteiger partial charge in [-0.15, -0.1) is 0 Å². The standard InChI is InChI=1S/C17H27NO3/c1-4-7-8-13(5-2)12-21-16-11-14(18)9-10-15(16)17(19)20-6-3/h9-11,13H,4-8,12,18H2,1-3H3. The zero-order chi connectivity index (χ0) is 15.7. The van der Waals surface area contributed by atoms with Crippen molar-refractivity contribution in [2.45, 2.75) is 46.5 Å². The molecule has 0 aliphatic carbocycles. The Bertz CT molecular complexity index is 446. The van der Waals surface area contributed by atoms with E-state index in [2.05, 4.69) is 13.8 Å². The summed E-state index contributed by atoms with van der Waals surface area (Å²) in [5.41, 5.74) is 6.81. The van der Waals surface area contributed by atoms with Gasteiger partial charge >= 0.3 is 5.97 Å². The summed E-state index contributed by atoms with van der Waals surface area (Å²) in [7, 11) is 0. The van der Waals surface area contributed by atoms with Gasteiger partial charge < -0.3 is 15.2 Å². The Labute approximate surface area is 127 Å². The van der Waals surface area contributed by atoms with Crippen molar-refractivity contribution >= 4 is 11.7 Å². The second-order valence-electron chi connectivity index (χ2n) is 5.20. The van der Waals surface area contributed by atoms with E-state index in [-0.39, 0.29) is 5.97 Å². The fourth-order valence-electron chi connectivity index (χ4n) is 2.14. The normalized spacial score (nSPS) is 12.0. The fraction of sp³-hybridized carbons (Fsp3) is 0.588. The van der Waals surface area contributed by atoms with Gasteiger partial charge in [-0.2, -0.15) is 0 Å². The zero-order valence-corrected chi connectivity index (χ0v) is 13.4. The Kier molecular flexibility index (Phi) is 7.65. The van der Waals surface area contributed by atoms with Gasteiger partial charge in [0.1, 0.15) is 11.3 Å². The monoisotopic (exact) mass is 293 g/mol. The lowest BCUT2D eigenvalue weighted by atomic mass is 10.0. The van der Waals surface area contributed by atoms with Crippen molar-refractivity contribution in [1.82, 2.24) is 0 Å².